The van der Waals surface area contributed by atoms with Crippen LogP contribution in [0.4, 0.5) is 16.5 Å². The fourth-order valence-corrected chi connectivity index (χ4v) is 3.28. The van der Waals surface area contributed by atoms with Crippen molar-refractivity contribution in [1.29, 1.82) is 0 Å². The van der Waals surface area contributed by atoms with Crippen molar-refractivity contribution in [3.05, 3.63) is 35.3 Å². The van der Waals surface area contributed by atoms with Gasteiger partial charge in [0.25, 0.3) is 0 Å². The van der Waals surface area contributed by atoms with Crippen molar-refractivity contribution in [3.63, 3.8) is 0 Å². The van der Waals surface area contributed by atoms with Crippen LogP contribution in [0.2, 0.25) is 0 Å². The zero-order valence-corrected chi connectivity index (χ0v) is 13.3. The van der Waals surface area contributed by atoms with Crippen molar-refractivity contribution >= 4 is 33.8 Å². The lowest BCUT2D eigenvalue weighted by Gasteiger charge is -2.32. The molecule has 0 atom stereocenters. The number of aromatic carboxylic acids is 1. The van der Waals surface area contributed by atoms with Crippen LogP contribution in [0.15, 0.2) is 29.6 Å². The summed E-state index contributed by atoms with van der Waals surface area (Å²) in [5.41, 5.74) is 2.23. The van der Waals surface area contributed by atoms with E-state index in [0.717, 1.165) is 24.7 Å². The van der Waals surface area contributed by atoms with Crippen LogP contribution in [0.25, 0.3) is 0 Å². The molecule has 1 aromatic carbocycles. The Kier molecular flexibility index (Phi) is 4.29. The Morgan fingerprint density at radius 1 is 1.32 bits per heavy atom. The first-order chi connectivity index (χ1) is 10.6. The summed E-state index contributed by atoms with van der Waals surface area (Å²) in [4.78, 5) is 17.3. The first-order valence-corrected chi connectivity index (χ1v) is 8.30. The standard InChI is InChI=1S/C16H19N3O2S/c1-11-6-8-19(9-7-11)13-4-2-12(3-5-13)17-16-18-14(10-22-16)15(20)21/h2-5,10-11H,6-9H2,1H3,(H,17,18)(H,20,21). The molecule has 1 aliphatic rings. The van der Waals surface area contributed by atoms with Gasteiger partial charge >= 0.3 is 5.97 Å². The van der Waals surface area contributed by atoms with Crippen molar-refractivity contribution in [3.8, 4) is 0 Å². The average molecular weight is 317 g/mol. The molecule has 22 heavy (non-hydrogen) atoms. The molecule has 6 heteroatoms. The molecule has 0 radical (unpaired) electrons. The molecule has 0 amide bonds. The zero-order chi connectivity index (χ0) is 15.5. The number of aromatic nitrogens is 1. The molecule has 0 aliphatic carbocycles. The largest absolute Gasteiger partial charge is 0.476 e. The Balaban J connectivity index is 1.64. The Hall–Kier alpha value is -2.08. The van der Waals surface area contributed by atoms with E-state index in [2.05, 4.69) is 34.3 Å². The summed E-state index contributed by atoms with van der Waals surface area (Å²) < 4.78 is 0. The number of carboxylic acid groups (broad SMARTS) is 1. The molecule has 116 valence electrons. The first kappa shape index (κ1) is 14.8. The van der Waals surface area contributed by atoms with Crippen molar-refractivity contribution in [2.75, 3.05) is 23.3 Å². The predicted octanol–water partition coefficient (Wildman–Crippen LogP) is 3.82. The van der Waals surface area contributed by atoms with E-state index in [-0.39, 0.29) is 5.69 Å². The van der Waals surface area contributed by atoms with Crippen LogP contribution < -0.4 is 10.2 Å². The minimum atomic E-state index is -1.00. The summed E-state index contributed by atoms with van der Waals surface area (Å²) in [6.07, 6.45) is 2.49. The molecule has 0 saturated carbocycles. The van der Waals surface area contributed by atoms with Crippen molar-refractivity contribution in [1.82, 2.24) is 4.98 Å². The molecule has 1 saturated heterocycles. The maximum atomic E-state index is 10.8. The Labute approximate surface area is 133 Å². The van der Waals surface area contributed by atoms with Gasteiger partial charge in [-0.2, -0.15) is 0 Å². The van der Waals surface area contributed by atoms with Gasteiger partial charge in [0.1, 0.15) is 0 Å². The van der Waals surface area contributed by atoms with Crippen LogP contribution in [-0.2, 0) is 0 Å². The first-order valence-electron chi connectivity index (χ1n) is 7.42. The quantitative estimate of drug-likeness (QED) is 0.897. The van der Waals surface area contributed by atoms with Crippen LogP contribution in [0.1, 0.15) is 30.3 Å². The molecule has 0 unspecified atom stereocenters. The highest BCUT2D eigenvalue weighted by Gasteiger charge is 2.16. The van der Waals surface area contributed by atoms with Crippen molar-refractivity contribution in [2.24, 2.45) is 5.92 Å². The van der Waals surface area contributed by atoms with Gasteiger partial charge in [0, 0.05) is 29.8 Å². The highest BCUT2D eigenvalue weighted by molar-refractivity contribution is 7.14. The zero-order valence-electron chi connectivity index (χ0n) is 12.5. The van der Waals surface area contributed by atoms with Crippen LogP contribution >= 0.6 is 11.3 Å². The highest BCUT2D eigenvalue weighted by atomic mass is 32.1. The Bertz CT molecular complexity index is 646. The molecule has 1 aliphatic heterocycles. The number of nitrogens with one attached hydrogen (secondary N) is 1. The van der Waals surface area contributed by atoms with E-state index in [0.29, 0.717) is 5.13 Å². The monoisotopic (exact) mass is 317 g/mol. The summed E-state index contributed by atoms with van der Waals surface area (Å²) in [6.45, 7) is 4.54. The number of rotatable bonds is 4. The number of anilines is 3. The smallest absolute Gasteiger partial charge is 0.355 e. The van der Waals surface area contributed by atoms with Crippen LogP contribution in [0, 0.1) is 5.92 Å². The van der Waals surface area contributed by atoms with Gasteiger partial charge in [0.05, 0.1) is 0 Å². The third-order valence-corrected chi connectivity index (χ3v) is 4.75. The number of hydrogen-bond donors (Lipinski definition) is 2. The van der Waals surface area contributed by atoms with E-state index in [1.807, 2.05) is 12.1 Å². The van der Waals surface area contributed by atoms with Gasteiger partial charge in [-0.25, -0.2) is 9.78 Å². The summed E-state index contributed by atoms with van der Waals surface area (Å²) in [6, 6.07) is 8.22. The van der Waals surface area contributed by atoms with Crippen molar-refractivity contribution in [2.45, 2.75) is 19.8 Å². The number of piperidine rings is 1. The molecular formula is C16H19N3O2S. The minimum absolute atomic E-state index is 0.0755. The Morgan fingerprint density at radius 2 is 2.00 bits per heavy atom. The van der Waals surface area contributed by atoms with E-state index >= 15 is 0 Å². The number of nitrogens with zero attached hydrogens (tertiary/aromatic N) is 2. The highest BCUT2D eigenvalue weighted by Crippen LogP contribution is 2.26. The van der Waals surface area contributed by atoms with E-state index in [4.69, 9.17) is 5.11 Å². The SMILES string of the molecule is CC1CCN(c2ccc(Nc3nc(C(=O)O)cs3)cc2)CC1. The molecule has 1 aromatic heterocycles. The van der Waals surface area contributed by atoms with E-state index in [9.17, 15) is 4.79 Å². The van der Waals surface area contributed by atoms with Gasteiger partial charge in [-0.3, -0.25) is 0 Å². The molecule has 2 N–H and O–H groups in total. The van der Waals surface area contributed by atoms with E-state index in [1.54, 1.807) is 0 Å². The summed E-state index contributed by atoms with van der Waals surface area (Å²) in [7, 11) is 0. The molecule has 2 aromatic rings. The Morgan fingerprint density at radius 3 is 2.59 bits per heavy atom. The number of carbonyl (C=O) groups is 1. The van der Waals surface area contributed by atoms with Gasteiger partial charge in [0.15, 0.2) is 10.8 Å². The molecule has 3 rings (SSSR count). The van der Waals surface area contributed by atoms with Gasteiger partial charge in [-0.1, -0.05) is 6.92 Å². The molecular weight excluding hydrogens is 298 g/mol. The molecule has 0 bridgehead atoms. The second kappa shape index (κ2) is 6.36. The predicted molar refractivity (Wildman–Crippen MR) is 89.4 cm³/mol. The molecule has 1 fully saturated rings. The van der Waals surface area contributed by atoms with Crippen LogP contribution in [0.5, 0.6) is 0 Å². The van der Waals surface area contributed by atoms with Crippen molar-refractivity contribution < 1.29 is 9.90 Å². The lowest BCUT2D eigenvalue weighted by atomic mass is 9.99. The van der Waals surface area contributed by atoms with Crippen LogP contribution in [-0.4, -0.2) is 29.1 Å². The second-order valence-electron chi connectivity index (χ2n) is 5.68. The fraction of sp³-hybridized carbons (Fsp3) is 0.375. The maximum absolute atomic E-state index is 10.8. The third kappa shape index (κ3) is 3.39. The average Bonchev–Trinajstić information content (AvgIpc) is 2.98. The number of thiazole rings is 1. The maximum Gasteiger partial charge on any atom is 0.355 e. The molecule has 0 spiro atoms. The van der Waals surface area contributed by atoms with E-state index in [1.165, 1.54) is 35.2 Å². The second-order valence-corrected chi connectivity index (χ2v) is 6.54. The number of hydrogen-bond acceptors (Lipinski definition) is 5. The minimum Gasteiger partial charge on any atom is -0.476 e. The lowest BCUT2D eigenvalue weighted by Crippen LogP contribution is -2.32. The van der Waals surface area contributed by atoms with Crippen LogP contribution in [0.3, 0.4) is 0 Å². The topological polar surface area (TPSA) is 65.5 Å². The molecule has 2 heterocycles. The number of carboxylic acids is 1. The van der Waals surface area contributed by atoms with Gasteiger partial charge < -0.3 is 15.3 Å². The third-order valence-electron chi connectivity index (χ3n) is 3.99. The fourth-order valence-electron chi connectivity index (χ4n) is 2.58. The summed E-state index contributed by atoms with van der Waals surface area (Å²) in [5, 5.41) is 14.1. The number of benzene rings is 1. The van der Waals surface area contributed by atoms with Gasteiger partial charge in [0.2, 0.25) is 0 Å². The summed E-state index contributed by atoms with van der Waals surface area (Å²) in [5.74, 6) is -0.176. The normalized spacial score (nSPS) is 15.8. The summed E-state index contributed by atoms with van der Waals surface area (Å²) >= 11 is 1.29. The lowest BCUT2D eigenvalue weighted by molar-refractivity contribution is 0.0691. The van der Waals surface area contributed by atoms with Gasteiger partial charge in [-0.05, 0) is 43.0 Å². The van der Waals surface area contributed by atoms with Gasteiger partial charge in [-0.15, -0.1) is 11.3 Å². The van der Waals surface area contributed by atoms with E-state index < -0.39 is 5.97 Å². The molecule has 5 nitrogen and oxygen atoms in total.